The number of nitrogens with two attached hydrogens (primary N) is 1. The lowest BCUT2D eigenvalue weighted by molar-refractivity contribution is -0.119. The second-order valence-electron chi connectivity index (χ2n) is 5.99. The van der Waals surface area contributed by atoms with Gasteiger partial charge in [0.05, 0.1) is 10.8 Å². The number of nitrogens with one attached hydrogen (secondary N) is 1. The third-order valence-corrected chi connectivity index (χ3v) is 5.64. The van der Waals surface area contributed by atoms with E-state index in [0.717, 1.165) is 12.8 Å². The van der Waals surface area contributed by atoms with E-state index >= 15 is 0 Å². The van der Waals surface area contributed by atoms with E-state index in [2.05, 4.69) is 15.5 Å². The third-order valence-electron chi connectivity index (χ3n) is 4.14. The van der Waals surface area contributed by atoms with Gasteiger partial charge in [0, 0.05) is 16.6 Å². The van der Waals surface area contributed by atoms with Gasteiger partial charge >= 0.3 is 0 Å². The van der Waals surface area contributed by atoms with Crippen molar-refractivity contribution in [2.75, 3.05) is 11.6 Å². The molecule has 0 bridgehead atoms. The van der Waals surface area contributed by atoms with Crippen LogP contribution < -0.4 is 11.2 Å². The largest absolute Gasteiger partial charge is 0.353 e. The lowest BCUT2D eigenvalue weighted by Crippen LogP contribution is -2.37. The maximum Gasteiger partial charge on any atom is 0.230 e. The van der Waals surface area contributed by atoms with Crippen molar-refractivity contribution >= 4 is 40.9 Å². The zero-order chi connectivity index (χ0) is 17.8. The topological polar surface area (TPSA) is 85.8 Å². The number of amides is 1. The average molecular weight is 400 g/mol. The van der Waals surface area contributed by atoms with Crippen LogP contribution in [0.25, 0.3) is 11.4 Å². The molecular formula is C16H19Cl2N5OS. The molecule has 3 N–H and O–H groups in total. The molecule has 6 nitrogen and oxygen atoms in total. The van der Waals surface area contributed by atoms with E-state index in [1.807, 2.05) is 0 Å². The van der Waals surface area contributed by atoms with E-state index in [1.54, 1.807) is 18.2 Å². The van der Waals surface area contributed by atoms with Crippen molar-refractivity contribution in [1.82, 2.24) is 20.2 Å². The Kier molecular flexibility index (Phi) is 6.09. The monoisotopic (exact) mass is 399 g/mol. The van der Waals surface area contributed by atoms with Gasteiger partial charge in [-0.25, -0.2) is 4.68 Å². The molecule has 9 heteroatoms. The first-order chi connectivity index (χ1) is 12.0. The second kappa shape index (κ2) is 8.29. The Labute approximate surface area is 160 Å². The maximum atomic E-state index is 12.1. The summed E-state index contributed by atoms with van der Waals surface area (Å²) in [6.45, 7) is 0. The SMILES string of the molecule is Nn1c(SCC(=O)NC2CCCCC2)nnc1-c1cc(Cl)ccc1Cl. The van der Waals surface area contributed by atoms with Crippen LogP contribution in [0.1, 0.15) is 32.1 Å². The lowest BCUT2D eigenvalue weighted by atomic mass is 9.95. The van der Waals surface area contributed by atoms with Crippen LogP contribution in [0.5, 0.6) is 0 Å². The predicted octanol–water partition coefficient (Wildman–Crippen LogP) is 3.51. The number of halogens is 2. The zero-order valence-electron chi connectivity index (χ0n) is 13.5. The molecule has 0 atom stereocenters. The highest BCUT2D eigenvalue weighted by atomic mass is 35.5. The summed E-state index contributed by atoms with van der Waals surface area (Å²) in [5.41, 5.74) is 0.600. The predicted molar refractivity (Wildman–Crippen MR) is 101 cm³/mol. The highest BCUT2D eigenvalue weighted by molar-refractivity contribution is 7.99. The minimum atomic E-state index is -0.0118. The van der Waals surface area contributed by atoms with Gasteiger partial charge in [0.1, 0.15) is 0 Å². The smallest absolute Gasteiger partial charge is 0.230 e. The van der Waals surface area contributed by atoms with Crippen molar-refractivity contribution < 1.29 is 4.79 Å². The number of nitrogens with zero attached hydrogens (tertiary/aromatic N) is 3. The number of hydrogen-bond donors (Lipinski definition) is 2. The standard InChI is InChI=1S/C16H19Cl2N5OS/c17-10-6-7-13(18)12(8-10)15-21-22-16(23(15)19)25-9-14(24)20-11-4-2-1-3-5-11/h6-8,11H,1-5,9,19H2,(H,20,24). The van der Waals surface area contributed by atoms with Crippen molar-refractivity contribution in [3.8, 4) is 11.4 Å². The minimum absolute atomic E-state index is 0.0118. The minimum Gasteiger partial charge on any atom is -0.353 e. The van der Waals surface area contributed by atoms with Crippen molar-refractivity contribution in [2.45, 2.75) is 43.3 Å². The highest BCUT2D eigenvalue weighted by Crippen LogP contribution is 2.30. The number of thioether (sulfide) groups is 1. The Balaban J connectivity index is 1.63. The Morgan fingerprint density at radius 3 is 2.80 bits per heavy atom. The molecule has 1 heterocycles. The highest BCUT2D eigenvalue weighted by Gasteiger charge is 2.18. The first kappa shape index (κ1) is 18.4. The van der Waals surface area contributed by atoms with Gasteiger partial charge in [0.15, 0.2) is 5.82 Å². The molecular weight excluding hydrogens is 381 g/mol. The van der Waals surface area contributed by atoms with E-state index in [-0.39, 0.29) is 11.7 Å². The number of carbonyl (C=O) groups excluding carboxylic acids is 1. The van der Waals surface area contributed by atoms with Crippen LogP contribution in [-0.2, 0) is 4.79 Å². The average Bonchev–Trinajstić information content (AvgIpc) is 2.97. The van der Waals surface area contributed by atoms with Gasteiger partial charge in [0.25, 0.3) is 0 Å². The molecule has 3 rings (SSSR count). The van der Waals surface area contributed by atoms with Crippen LogP contribution in [0, 0.1) is 0 Å². The molecule has 1 aliphatic carbocycles. The summed E-state index contributed by atoms with van der Waals surface area (Å²) in [6.07, 6.45) is 5.73. The summed E-state index contributed by atoms with van der Waals surface area (Å²) in [7, 11) is 0. The van der Waals surface area contributed by atoms with Crippen molar-refractivity contribution in [3.63, 3.8) is 0 Å². The van der Waals surface area contributed by atoms with E-state index in [4.69, 9.17) is 29.0 Å². The van der Waals surface area contributed by atoms with E-state index in [9.17, 15) is 4.79 Å². The zero-order valence-corrected chi connectivity index (χ0v) is 15.9. The summed E-state index contributed by atoms with van der Waals surface area (Å²) in [5.74, 6) is 6.70. The normalized spacial score (nSPS) is 15.3. The van der Waals surface area contributed by atoms with Crippen LogP contribution in [0.3, 0.4) is 0 Å². The number of carbonyl (C=O) groups is 1. The molecule has 0 radical (unpaired) electrons. The molecule has 25 heavy (non-hydrogen) atoms. The summed E-state index contributed by atoms with van der Waals surface area (Å²) < 4.78 is 1.33. The van der Waals surface area contributed by atoms with Crippen molar-refractivity contribution in [2.24, 2.45) is 0 Å². The van der Waals surface area contributed by atoms with Gasteiger partial charge in [-0.15, -0.1) is 10.2 Å². The number of rotatable bonds is 5. The van der Waals surface area contributed by atoms with Gasteiger partial charge in [-0.2, -0.15) is 0 Å². The molecule has 1 aliphatic rings. The number of hydrogen-bond acceptors (Lipinski definition) is 5. The first-order valence-electron chi connectivity index (χ1n) is 8.12. The summed E-state index contributed by atoms with van der Waals surface area (Å²) >= 11 is 13.4. The quantitative estimate of drug-likeness (QED) is 0.593. The fourth-order valence-corrected chi connectivity index (χ4v) is 3.92. The van der Waals surface area contributed by atoms with Crippen LogP contribution >= 0.6 is 35.0 Å². The molecule has 1 aromatic heterocycles. The molecule has 1 aromatic carbocycles. The number of aromatic nitrogens is 3. The van der Waals surface area contributed by atoms with Gasteiger partial charge in [0.2, 0.25) is 11.1 Å². The van der Waals surface area contributed by atoms with Crippen LogP contribution in [0.4, 0.5) is 0 Å². The Hall–Kier alpha value is -1.44. The fraction of sp³-hybridized carbons (Fsp3) is 0.438. The summed E-state index contributed by atoms with van der Waals surface area (Å²) in [4.78, 5) is 12.1. The molecule has 2 aromatic rings. The fourth-order valence-electron chi connectivity index (χ4n) is 2.87. The second-order valence-corrected chi connectivity index (χ2v) is 7.78. The van der Waals surface area contributed by atoms with Gasteiger partial charge in [-0.05, 0) is 31.0 Å². The summed E-state index contributed by atoms with van der Waals surface area (Å²) in [6, 6.07) is 5.34. The number of nitrogen functional groups attached to an aromatic ring is 1. The lowest BCUT2D eigenvalue weighted by Gasteiger charge is -2.22. The van der Waals surface area contributed by atoms with Crippen LogP contribution in [0.15, 0.2) is 23.4 Å². The van der Waals surface area contributed by atoms with Crippen LogP contribution in [0.2, 0.25) is 10.0 Å². The van der Waals surface area contributed by atoms with E-state index in [0.29, 0.717) is 32.6 Å². The van der Waals surface area contributed by atoms with Gasteiger partial charge < -0.3 is 11.2 Å². The molecule has 0 spiro atoms. The molecule has 0 unspecified atom stereocenters. The third kappa shape index (κ3) is 4.59. The van der Waals surface area contributed by atoms with Crippen molar-refractivity contribution in [3.05, 3.63) is 28.2 Å². The molecule has 1 fully saturated rings. The van der Waals surface area contributed by atoms with Crippen molar-refractivity contribution in [1.29, 1.82) is 0 Å². The molecule has 134 valence electrons. The molecule has 1 amide bonds. The van der Waals surface area contributed by atoms with E-state index < -0.39 is 0 Å². The summed E-state index contributed by atoms with van der Waals surface area (Å²) in [5, 5.41) is 12.7. The Morgan fingerprint density at radius 2 is 2.04 bits per heavy atom. The molecule has 0 saturated heterocycles. The van der Waals surface area contributed by atoms with Gasteiger partial charge in [-0.3, -0.25) is 4.79 Å². The van der Waals surface area contributed by atoms with E-state index in [1.165, 1.54) is 35.7 Å². The molecule has 0 aliphatic heterocycles. The number of benzene rings is 1. The Morgan fingerprint density at radius 1 is 1.28 bits per heavy atom. The Bertz CT molecular complexity index is 761. The van der Waals surface area contributed by atoms with Crippen LogP contribution in [-0.4, -0.2) is 32.6 Å². The first-order valence-corrected chi connectivity index (χ1v) is 9.87. The maximum absolute atomic E-state index is 12.1. The van der Waals surface area contributed by atoms with Gasteiger partial charge in [-0.1, -0.05) is 54.2 Å². The molecule has 1 saturated carbocycles.